The maximum Gasteiger partial charge on any atom is 0.416 e. The zero-order chi connectivity index (χ0) is 12.3. The van der Waals surface area contributed by atoms with Crippen molar-refractivity contribution in [2.45, 2.75) is 32.0 Å². The van der Waals surface area contributed by atoms with Crippen molar-refractivity contribution in [1.29, 1.82) is 0 Å². The average Bonchev–Trinajstić information content (AvgIpc) is 2.16. The van der Waals surface area contributed by atoms with E-state index in [4.69, 9.17) is 0 Å². The summed E-state index contributed by atoms with van der Waals surface area (Å²) in [6.07, 6.45) is -4.91. The van der Waals surface area contributed by atoms with Gasteiger partial charge in [-0.25, -0.2) is 4.39 Å². The van der Waals surface area contributed by atoms with Crippen molar-refractivity contribution >= 4 is 0 Å². The lowest BCUT2D eigenvalue weighted by Crippen LogP contribution is -2.08. The number of alkyl halides is 3. The minimum atomic E-state index is -4.52. The molecule has 0 fully saturated rings. The fraction of sp³-hybridized carbons (Fsp3) is 0.455. The SMILES string of the molecule is CCC[C@H](O)c1cc(C(F)(F)F)ccc1F. The first-order chi connectivity index (χ1) is 7.36. The van der Waals surface area contributed by atoms with E-state index in [1.807, 2.05) is 0 Å². The molecule has 1 N–H and O–H groups in total. The Morgan fingerprint density at radius 1 is 1.31 bits per heavy atom. The molecule has 90 valence electrons. The van der Waals surface area contributed by atoms with Gasteiger partial charge in [-0.2, -0.15) is 13.2 Å². The summed E-state index contributed by atoms with van der Waals surface area (Å²) >= 11 is 0. The Bertz CT molecular complexity index is 359. The smallest absolute Gasteiger partial charge is 0.388 e. The number of benzene rings is 1. The van der Waals surface area contributed by atoms with E-state index in [1.54, 1.807) is 6.92 Å². The topological polar surface area (TPSA) is 20.2 Å². The van der Waals surface area contributed by atoms with Gasteiger partial charge in [-0.1, -0.05) is 13.3 Å². The van der Waals surface area contributed by atoms with E-state index in [2.05, 4.69) is 0 Å². The van der Waals surface area contributed by atoms with Crippen LogP contribution in [-0.2, 0) is 6.18 Å². The predicted octanol–water partition coefficient (Wildman–Crippen LogP) is 3.68. The molecule has 1 aromatic carbocycles. The molecule has 0 aliphatic carbocycles. The summed E-state index contributed by atoms with van der Waals surface area (Å²) in [7, 11) is 0. The van der Waals surface area contributed by atoms with E-state index in [-0.39, 0.29) is 12.0 Å². The summed E-state index contributed by atoms with van der Waals surface area (Å²) in [5.41, 5.74) is -1.24. The van der Waals surface area contributed by atoms with Gasteiger partial charge in [-0.15, -0.1) is 0 Å². The van der Waals surface area contributed by atoms with Gasteiger partial charge in [0, 0.05) is 5.56 Å². The number of aliphatic hydroxyl groups excluding tert-OH is 1. The molecule has 0 radical (unpaired) electrons. The molecule has 16 heavy (non-hydrogen) atoms. The summed E-state index contributed by atoms with van der Waals surface area (Å²) in [6, 6.07) is 2.06. The van der Waals surface area contributed by atoms with Crippen LogP contribution < -0.4 is 0 Å². The Labute approximate surface area is 90.7 Å². The maximum atomic E-state index is 13.2. The normalized spacial score (nSPS) is 13.9. The van der Waals surface area contributed by atoms with E-state index in [9.17, 15) is 22.7 Å². The maximum absolute atomic E-state index is 13.2. The molecule has 0 aliphatic heterocycles. The second-order valence-corrected chi connectivity index (χ2v) is 3.54. The molecular weight excluding hydrogens is 224 g/mol. The van der Waals surface area contributed by atoms with Gasteiger partial charge in [0.15, 0.2) is 0 Å². The van der Waals surface area contributed by atoms with Gasteiger partial charge < -0.3 is 5.11 Å². The fourth-order valence-electron chi connectivity index (χ4n) is 1.40. The molecule has 1 aromatic rings. The molecule has 0 aromatic heterocycles. The quantitative estimate of drug-likeness (QED) is 0.794. The summed E-state index contributed by atoms with van der Waals surface area (Å²) in [5, 5.41) is 9.48. The second-order valence-electron chi connectivity index (χ2n) is 3.54. The van der Waals surface area contributed by atoms with E-state index < -0.39 is 23.7 Å². The molecule has 0 spiro atoms. The van der Waals surface area contributed by atoms with E-state index in [0.717, 1.165) is 6.07 Å². The van der Waals surface area contributed by atoms with E-state index in [1.165, 1.54) is 0 Å². The van der Waals surface area contributed by atoms with Crippen molar-refractivity contribution < 1.29 is 22.7 Å². The monoisotopic (exact) mass is 236 g/mol. The number of hydrogen-bond donors (Lipinski definition) is 1. The summed E-state index contributed by atoms with van der Waals surface area (Å²) in [4.78, 5) is 0. The van der Waals surface area contributed by atoms with Crippen molar-refractivity contribution in [2.75, 3.05) is 0 Å². The highest BCUT2D eigenvalue weighted by Gasteiger charge is 2.31. The van der Waals surface area contributed by atoms with Gasteiger partial charge in [0.1, 0.15) is 5.82 Å². The van der Waals surface area contributed by atoms with Gasteiger partial charge in [0.25, 0.3) is 0 Å². The van der Waals surface area contributed by atoms with Crippen molar-refractivity contribution in [3.05, 3.63) is 35.1 Å². The average molecular weight is 236 g/mol. The van der Waals surface area contributed by atoms with Crippen molar-refractivity contribution in [3.8, 4) is 0 Å². The van der Waals surface area contributed by atoms with Crippen LogP contribution in [0.15, 0.2) is 18.2 Å². The third-order valence-electron chi connectivity index (χ3n) is 2.24. The predicted molar refractivity (Wildman–Crippen MR) is 51.3 cm³/mol. The Morgan fingerprint density at radius 2 is 1.94 bits per heavy atom. The molecule has 1 rings (SSSR count). The molecule has 0 amide bonds. The van der Waals surface area contributed by atoms with Crippen LogP contribution in [-0.4, -0.2) is 5.11 Å². The number of aliphatic hydroxyl groups is 1. The van der Waals surface area contributed by atoms with Crippen molar-refractivity contribution in [1.82, 2.24) is 0 Å². The first kappa shape index (κ1) is 13.0. The lowest BCUT2D eigenvalue weighted by Gasteiger charge is -2.13. The van der Waals surface area contributed by atoms with Gasteiger partial charge in [-0.3, -0.25) is 0 Å². The van der Waals surface area contributed by atoms with Crippen molar-refractivity contribution in [3.63, 3.8) is 0 Å². The first-order valence-electron chi connectivity index (χ1n) is 4.91. The lowest BCUT2D eigenvalue weighted by molar-refractivity contribution is -0.137. The van der Waals surface area contributed by atoms with Crippen LogP contribution in [0.3, 0.4) is 0 Å². The summed E-state index contributed by atoms with van der Waals surface area (Å²) in [5.74, 6) is -0.811. The third-order valence-corrected chi connectivity index (χ3v) is 2.24. The first-order valence-corrected chi connectivity index (χ1v) is 4.91. The van der Waals surface area contributed by atoms with E-state index >= 15 is 0 Å². The zero-order valence-corrected chi connectivity index (χ0v) is 8.68. The van der Waals surface area contributed by atoms with Gasteiger partial charge >= 0.3 is 6.18 Å². The second kappa shape index (κ2) is 4.82. The molecule has 0 heterocycles. The molecule has 0 unspecified atom stereocenters. The Kier molecular flexibility index (Phi) is 3.91. The highest BCUT2D eigenvalue weighted by atomic mass is 19.4. The third kappa shape index (κ3) is 2.95. The van der Waals surface area contributed by atoms with E-state index in [0.29, 0.717) is 18.6 Å². The molecule has 0 saturated carbocycles. The Hall–Kier alpha value is -1.10. The van der Waals surface area contributed by atoms with Crippen LogP contribution in [0.1, 0.15) is 37.0 Å². The lowest BCUT2D eigenvalue weighted by atomic mass is 10.0. The van der Waals surface area contributed by atoms with Crippen LogP contribution in [0.4, 0.5) is 17.6 Å². The molecule has 1 atom stereocenters. The standard InChI is InChI=1S/C11H12F4O/c1-2-3-10(16)8-6-7(11(13,14)15)4-5-9(8)12/h4-6,10,16H,2-3H2,1H3/t10-/m0/s1. The minimum absolute atomic E-state index is 0.234. The highest BCUT2D eigenvalue weighted by Crippen LogP contribution is 2.32. The van der Waals surface area contributed by atoms with Gasteiger partial charge in [0.05, 0.1) is 11.7 Å². The Balaban J connectivity index is 3.09. The van der Waals surface area contributed by atoms with Crippen LogP contribution >= 0.6 is 0 Å². The van der Waals surface area contributed by atoms with Gasteiger partial charge in [-0.05, 0) is 24.6 Å². The fourth-order valence-corrected chi connectivity index (χ4v) is 1.40. The molecule has 5 heteroatoms. The number of hydrogen-bond acceptors (Lipinski definition) is 1. The number of rotatable bonds is 3. The van der Waals surface area contributed by atoms with Crippen LogP contribution in [0.5, 0.6) is 0 Å². The molecule has 0 aliphatic rings. The Morgan fingerprint density at radius 3 is 2.44 bits per heavy atom. The van der Waals surface area contributed by atoms with Crippen LogP contribution in [0.2, 0.25) is 0 Å². The zero-order valence-electron chi connectivity index (χ0n) is 8.68. The summed E-state index contributed by atoms with van der Waals surface area (Å²) in [6.45, 7) is 1.76. The van der Waals surface area contributed by atoms with Crippen LogP contribution in [0.25, 0.3) is 0 Å². The van der Waals surface area contributed by atoms with Crippen molar-refractivity contribution in [2.24, 2.45) is 0 Å². The molecule has 0 bridgehead atoms. The molecule has 1 nitrogen and oxygen atoms in total. The summed E-state index contributed by atoms with van der Waals surface area (Å²) < 4.78 is 50.2. The minimum Gasteiger partial charge on any atom is -0.388 e. The highest BCUT2D eigenvalue weighted by molar-refractivity contribution is 5.28. The molecular formula is C11H12F4O. The largest absolute Gasteiger partial charge is 0.416 e. The van der Waals surface area contributed by atoms with Crippen LogP contribution in [0, 0.1) is 5.82 Å². The number of halogens is 4. The molecule has 0 saturated heterocycles. The van der Waals surface area contributed by atoms with Gasteiger partial charge in [0.2, 0.25) is 0 Å².